The van der Waals surface area contributed by atoms with Gasteiger partial charge in [-0.15, -0.1) is 11.3 Å². The van der Waals surface area contributed by atoms with Crippen LogP contribution >= 0.6 is 11.3 Å². The van der Waals surface area contributed by atoms with Gasteiger partial charge in [0.1, 0.15) is 23.9 Å². The number of carbonyl (C=O) groups excluding carboxylic acids is 1. The summed E-state index contributed by atoms with van der Waals surface area (Å²) in [5.41, 5.74) is 0. The molecule has 0 spiro atoms. The molecule has 0 aliphatic carbocycles. The van der Waals surface area contributed by atoms with Crippen molar-refractivity contribution in [3.05, 3.63) is 28.5 Å². The lowest BCUT2D eigenvalue weighted by atomic mass is 10.0. The van der Waals surface area contributed by atoms with E-state index in [1.807, 2.05) is 22.7 Å². The number of hydrogen-bond acceptors (Lipinski definition) is 5. The highest BCUT2D eigenvalue weighted by molar-refractivity contribution is 7.12. The third kappa shape index (κ3) is 2.56. The first-order valence-electron chi connectivity index (χ1n) is 8.48. The van der Waals surface area contributed by atoms with Crippen LogP contribution < -0.4 is 9.47 Å². The summed E-state index contributed by atoms with van der Waals surface area (Å²) in [6, 6.07) is 0.0310. The van der Waals surface area contributed by atoms with Gasteiger partial charge in [-0.2, -0.15) is 0 Å². The lowest BCUT2D eigenvalue weighted by molar-refractivity contribution is 0.0592. The number of aromatic nitrogens is 2. The molecule has 1 atom stereocenters. The van der Waals surface area contributed by atoms with Gasteiger partial charge in [0.15, 0.2) is 11.5 Å². The van der Waals surface area contributed by atoms with E-state index in [1.54, 1.807) is 0 Å². The third-order valence-electron chi connectivity index (χ3n) is 4.65. The Morgan fingerprint density at radius 2 is 2.25 bits per heavy atom. The van der Waals surface area contributed by atoms with Crippen molar-refractivity contribution in [1.82, 2.24) is 14.5 Å². The van der Waals surface area contributed by atoms with Crippen LogP contribution in [-0.2, 0) is 6.54 Å². The molecule has 4 rings (SSSR count). The zero-order valence-electron chi connectivity index (χ0n) is 13.7. The summed E-state index contributed by atoms with van der Waals surface area (Å²) in [7, 11) is 0. The highest BCUT2D eigenvalue weighted by atomic mass is 32.1. The van der Waals surface area contributed by atoms with Gasteiger partial charge < -0.3 is 18.9 Å². The molecule has 4 heterocycles. The standard InChI is InChI=1S/C17H21N3O3S/c1-2-19-8-6-18-16(19)12-5-3-4-7-20(12)17(21)15-14-13(11-24-15)22-9-10-23-14/h6,8,11-12H,2-5,7,9-10H2,1H3. The Hall–Kier alpha value is -2.02. The van der Waals surface area contributed by atoms with E-state index >= 15 is 0 Å². The first-order valence-corrected chi connectivity index (χ1v) is 9.36. The van der Waals surface area contributed by atoms with E-state index in [1.165, 1.54) is 11.3 Å². The molecule has 24 heavy (non-hydrogen) atoms. The molecule has 7 heteroatoms. The summed E-state index contributed by atoms with van der Waals surface area (Å²) in [5, 5.41) is 1.87. The average Bonchev–Trinajstić information content (AvgIpc) is 3.27. The van der Waals surface area contributed by atoms with Crippen LogP contribution in [0.4, 0.5) is 0 Å². The van der Waals surface area contributed by atoms with Gasteiger partial charge in [-0.25, -0.2) is 4.98 Å². The van der Waals surface area contributed by atoms with Crippen molar-refractivity contribution in [2.24, 2.45) is 0 Å². The first kappa shape index (κ1) is 15.5. The Morgan fingerprint density at radius 1 is 1.38 bits per heavy atom. The molecule has 0 N–H and O–H groups in total. The van der Waals surface area contributed by atoms with Crippen molar-refractivity contribution in [3.8, 4) is 11.5 Å². The summed E-state index contributed by atoms with van der Waals surface area (Å²) in [6.45, 7) is 4.75. The number of rotatable bonds is 3. The van der Waals surface area contributed by atoms with Gasteiger partial charge in [-0.05, 0) is 26.2 Å². The zero-order valence-corrected chi connectivity index (χ0v) is 14.6. The van der Waals surface area contributed by atoms with E-state index in [4.69, 9.17) is 9.47 Å². The van der Waals surface area contributed by atoms with Crippen LogP contribution in [0, 0.1) is 0 Å². The molecule has 2 aliphatic heterocycles. The zero-order chi connectivity index (χ0) is 16.5. The number of likely N-dealkylation sites (tertiary alicyclic amines) is 1. The fourth-order valence-corrected chi connectivity index (χ4v) is 4.35. The van der Waals surface area contributed by atoms with Crippen molar-refractivity contribution in [3.63, 3.8) is 0 Å². The Balaban J connectivity index is 1.65. The Bertz CT molecular complexity index is 739. The summed E-state index contributed by atoms with van der Waals surface area (Å²) in [6.07, 6.45) is 6.90. The Kier molecular flexibility index (Phi) is 4.18. The van der Waals surface area contributed by atoms with Crippen LogP contribution in [0.1, 0.15) is 47.7 Å². The third-order valence-corrected chi connectivity index (χ3v) is 5.57. The van der Waals surface area contributed by atoms with E-state index in [2.05, 4.69) is 16.5 Å². The molecule has 1 saturated heterocycles. The maximum absolute atomic E-state index is 13.2. The number of nitrogens with zero attached hydrogens (tertiary/aromatic N) is 3. The molecule has 2 aromatic heterocycles. The molecule has 1 fully saturated rings. The summed E-state index contributed by atoms with van der Waals surface area (Å²) in [4.78, 5) is 20.3. The van der Waals surface area contributed by atoms with E-state index in [0.29, 0.717) is 29.6 Å². The SMILES string of the molecule is CCn1ccnc1C1CCCCN1C(=O)c1scc2c1OCCO2. The minimum absolute atomic E-state index is 0.0297. The minimum Gasteiger partial charge on any atom is -0.485 e. The molecule has 6 nitrogen and oxygen atoms in total. The Labute approximate surface area is 145 Å². The highest BCUT2D eigenvalue weighted by Gasteiger charge is 2.34. The summed E-state index contributed by atoms with van der Waals surface area (Å²) < 4.78 is 13.4. The van der Waals surface area contributed by atoms with Crippen molar-refractivity contribution in [2.45, 2.75) is 38.8 Å². The number of aryl methyl sites for hydroxylation is 1. The fourth-order valence-electron chi connectivity index (χ4n) is 3.47. The quantitative estimate of drug-likeness (QED) is 0.856. The number of piperidine rings is 1. The van der Waals surface area contributed by atoms with Gasteiger partial charge in [0, 0.05) is 30.9 Å². The largest absolute Gasteiger partial charge is 0.485 e. The molecule has 0 saturated carbocycles. The maximum atomic E-state index is 13.2. The molecule has 2 aromatic rings. The smallest absolute Gasteiger partial charge is 0.268 e. The molecule has 1 amide bonds. The van der Waals surface area contributed by atoms with Crippen LogP contribution in [0.2, 0.25) is 0 Å². The highest BCUT2D eigenvalue weighted by Crippen LogP contribution is 2.41. The monoisotopic (exact) mass is 347 g/mol. The van der Waals surface area contributed by atoms with Gasteiger partial charge in [0.2, 0.25) is 0 Å². The lowest BCUT2D eigenvalue weighted by Crippen LogP contribution is -2.39. The molecular formula is C17H21N3O3S. The second-order valence-corrected chi connectivity index (χ2v) is 6.92. The molecule has 1 unspecified atom stereocenters. The number of thiophene rings is 1. The summed E-state index contributed by atoms with van der Waals surface area (Å²) in [5.74, 6) is 2.31. The van der Waals surface area contributed by atoms with Crippen LogP contribution in [0.15, 0.2) is 17.8 Å². The van der Waals surface area contributed by atoms with Crippen LogP contribution in [-0.4, -0.2) is 40.1 Å². The number of fused-ring (bicyclic) bond motifs is 1. The number of amides is 1. The van der Waals surface area contributed by atoms with Crippen LogP contribution in [0.5, 0.6) is 11.5 Å². The van der Waals surface area contributed by atoms with Crippen molar-refractivity contribution < 1.29 is 14.3 Å². The first-order chi connectivity index (χ1) is 11.8. The molecule has 128 valence electrons. The van der Waals surface area contributed by atoms with Gasteiger partial charge in [-0.1, -0.05) is 0 Å². The van der Waals surface area contributed by atoms with E-state index < -0.39 is 0 Å². The van der Waals surface area contributed by atoms with Crippen LogP contribution in [0.3, 0.4) is 0 Å². The predicted molar refractivity (Wildman–Crippen MR) is 90.8 cm³/mol. The summed E-state index contributed by atoms with van der Waals surface area (Å²) >= 11 is 1.41. The maximum Gasteiger partial charge on any atom is 0.268 e. The molecule has 0 aromatic carbocycles. The number of hydrogen-bond donors (Lipinski definition) is 0. The number of carbonyl (C=O) groups is 1. The molecule has 0 bridgehead atoms. The molecule has 0 radical (unpaired) electrons. The van der Waals surface area contributed by atoms with Crippen molar-refractivity contribution >= 4 is 17.2 Å². The second-order valence-electron chi connectivity index (χ2n) is 6.04. The van der Waals surface area contributed by atoms with E-state index in [0.717, 1.165) is 38.2 Å². The van der Waals surface area contributed by atoms with Gasteiger partial charge in [0.25, 0.3) is 5.91 Å². The van der Waals surface area contributed by atoms with E-state index in [9.17, 15) is 4.79 Å². The predicted octanol–water partition coefficient (Wildman–Crippen LogP) is 3.10. The van der Waals surface area contributed by atoms with E-state index in [-0.39, 0.29) is 11.9 Å². The van der Waals surface area contributed by atoms with Gasteiger partial charge in [-0.3, -0.25) is 4.79 Å². The van der Waals surface area contributed by atoms with Crippen molar-refractivity contribution in [1.29, 1.82) is 0 Å². The molecule has 2 aliphatic rings. The normalized spacial score (nSPS) is 20.2. The Morgan fingerprint density at radius 3 is 3.12 bits per heavy atom. The minimum atomic E-state index is 0.0297. The van der Waals surface area contributed by atoms with Gasteiger partial charge in [0.05, 0.1) is 6.04 Å². The lowest BCUT2D eigenvalue weighted by Gasteiger charge is -2.35. The number of ether oxygens (including phenoxy) is 2. The topological polar surface area (TPSA) is 56.6 Å². The van der Waals surface area contributed by atoms with Crippen LogP contribution in [0.25, 0.3) is 0 Å². The average molecular weight is 347 g/mol. The van der Waals surface area contributed by atoms with Gasteiger partial charge >= 0.3 is 0 Å². The number of imidazole rings is 1. The van der Waals surface area contributed by atoms with Crippen molar-refractivity contribution in [2.75, 3.05) is 19.8 Å². The second kappa shape index (κ2) is 6.47. The molecular weight excluding hydrogens is 326 g/mol. The fraction of sp³-hybridized carbons (Fsp3) is 0.529.